The summed E-state index contributed by atoms with van der Waals surface area (Å²) in [6.45, 7) is 0.0688. The maximum atomic E-state index is 12.8. The fourth-order valence-corrected chi connectivity index (χ4v) is 3.71. The number of halogens is 1. The zero-order chi connectivity index (χ0) is 15.0. The van der Waals surface area contributed by atoms with Gasteiger partial charge in [-0.3, -0.25) is 9.59 Å². The fraction of sp³-hybridized carbons (Fsp3) is 0.467. The SMILES string of the molecule is COc1ccc(N2CC(=O)NC3(CCCC3)C2=O)cc1Br. The van der Waals surface area contributed by atoms with Crippen LogP contribution in [0.15, 0.2) is 22.7 Å². The number of nitrogens with zero attached hydrogens (tertiary/aromatic N) is 1. The molecule has 1 aliphatic carbocycles. The molecule has 21 heavy (non-hydrogen) atoms. The number of carbonyl (C=O) groups is 2. The average molecular weight is 353 g/mol. The molecule has 1 heterocycles. The first-order chi connectivity index (χ1) is 10.1. The van der Waals surface area contributed by atoms with Gasteiger partial charge >= 0.3 is 0 Å². The van der Waals surface area contributed by atoms with Crippen molar-refractivity contribution in [2.75, 3.05) is 18.6 Å². The first-order valence-electron chi connectivity index (χ1n) is 7.02. The van der Waals surface area contributed by atoms with Crippen LogP contribution in [0.5, 0.6) is 5.75 Å². The van der Waals surface area contributed by atoms with Crippen molar-refractivity contribution in [3.63, 3.8) is 0 Å². The van der Waals surface area contributed by atoms with Gasteiger partial charge in [-0.1, -0.05) is 12.8 Å². The summed E-state index contributed by atoms with van der Waals surface area (Å²) in [6.07, 6.45) is 3.41. The first kappa shape index (κ1) is 14.4. The zero-order valence-electron chi connectivity index (χ0n) is 11.8. The molecule has 5 nitrogen and oxygen atoms in total. The maximum absolute atomic E-state index is 12.8. The molecule has 1 aromatic carbocycles. The Kier molecular flexibility index (Phi) is 3.65. The lowest BCUT2D eigenvalue weighted by atomic mass is 9.92. The van der Waals surface area contributed by atoms with Gasteiger partial charge in [-0.05, 0) is 47.0 Å². The van der Waals surface area contributed by atoms with Crippen LogP contribution in [0.2, 0.25) is 0 Å². The van der Waals surface area contributed by atoms with E-state index in [0.29, 0.717) is 11.4 Å². The van der Waals surface area contributed by atoms with E-state index in [4.69, 9.17) is 4.74 Å². The number of benzene rings is 1. The molecular weight excluding hydrogens is 336 g/mol. The Bertz CT molecular complexity index is 597. The van der Waals surface area contributed by atoms with E-state index in [-0.39, 0.29) is 18.4 Å². The van der Waals surface area contributed by atoms with Gasteiger partial charge in [-0.2, -0.15) is 0 Å². The number of anilines is 1. The minimum atomic E-state index is -0.693. The van der Waals surface area contributed by atoms with E-state index in [1.165, 1.54) is 0 Å². The molecule has 0 unspecified atom stereocenters. The van der Waals surface area contributed by atoms with Crippen molar-refractivity contribution in [1.82, 2.24) is 5.32 Å². The molecule has 0 atom stereocenters. The van der Waals surface area contributed by atoms with Crippen LogP contribution in [-0.2, 0) is 9.59 Å². The van der Waals surface area contributed by atoms with Crippen LogP contribution in [0.1, 0.15) is 25.7 Å². The van der Waals surface area contributed by atoms with Gasteiger partial charge in [-0.15, -0.1) is 0 Å². The van der Waals surface area contributed by atoms with Crippen molar-refractivity contribution in [2.24, 2.45) is 0 Å². The fourth-order valence-electron chi connectivity index (χ4n) is 3.18. The third-order valence-corrected chi connectivity index (χ3v) is 4.86. The van der Waals surface area contributed by atoms with E-state index in [1.54, 1.807) is 18.1 Å². The summed E-state index contributed by atoms with van der Waals surface area (Å²) in [4.78, 5) is 26.4. The largest absolute Gasteiger partial charge is 0.496 e. The Morgan fingerprint density at radius 1 is 1.29 bits per heavy atom. The highest BCUT2D eigenvalue weighted by molar-refractivity contribution is 9.10. The Labute approximate surface area is 131 Å². The normalized spacial score (nSPS) is 20.8. The molecule has 2 amide bonds. The monoisotopic (exact) mass is 352 g/mol. The molecule has 2 aliphatic rings. The highest BCUT2D eigenvalue weighted by atomic mass is 79.9. The number of methoxy groups -OCH3 is 1. The van der Waals surface area contributed by atoms with E-state index < -0.39 is 5.54 Å². The quantitative estimate of drug-likeness (QED) is 0.887. The van der Waals surface area contributed by atoms with Crippen LogP contribution in [0.4, 0.5) is 5.69 Å². The van der Waals surface area contributed by atoms with Gasteiger partial charge in [0.2, 0.25) is 5.91 Å². The topological polar surface area (TPSA) is 58.6 Å². The molecule has 1 saturated carbocycles. The van der Waals surface area contributed by atoms with Crippen LogP contribution in [0.3, 0.4) is 0 Å². The highest BCUT2D eigenvalue weighted by Gasteiger charge is 2.48. The van der Waals surface area contributed by atoms with E-state index >= 15 is 0 Å². The third-order valence-electron chi connectivity index (χ3n) is 4.24. The Morgan fingerprint density at radius 2 is 2.00 bits per heavy atom. The van der Waals surface area contributed by atoms with E-state index in [9.17, 15) is 9.59 Å². The molecule has 2 fully saturated rings. The summed E-state index contributed by atoms with van der Waals surface area (Å²) in [5, 5.41) is 2.91. The first-order valence-corrected chi connectivity index (χ1v) is 7.81. The molecular formula is C15H17BrN2O3. The number of hydrogen-bond acceptors (Lipinski definition) is 3. The smallest absolute Gasteiger partial charge is 0.253 e. The molecule has 1 saturated heterocycles. The molecule has 0 aromatic heterocycles. The molecule has 1 aromatic rings. The van der Waals surface area contributed by atoms with Crippen LogP contribution >= 0.6 is 15.9 Å². The Morgan fingerprint density at radius 3 is 2.62 bits per heavy atom. The summed E-state index contributed by atoms with van der Waals surface area (Å²) in [5.41, 5.74) is 0.0238. The number of rotatable bonds is 2. The molecule has 3 rings (SSSR count). The van der Waals surface area contributed by atoms with Crippen molar-refractivity contribution in [1.29, 1.82) is 0 Å². The predicted octanol–water partition coefficient (Wildman–Crippen LogP) is 2.23. The molecule has 112 valence electrons. The van der Waals surface area contributed by atoms with E-state index in [1.807, 2.05) is 12.1 Å². The standard InChI is InChI=1S/C15H17BrN2O3/c1-21-12-5-4-10(8-11(12)16)18-9-13(19)17-15(14(18)20)6-2-3-7-15/h4-5,8H,2-3,6-7,9H2,1H3,(H,17,19). The maximum Gasteiger partial charge on any atom is 0.253 e. The third kappa shape index (κ3) is 2.41. The lowest BCUT2D eigenvalue weighted by Crippen LogP contribution is -2.65. The number of piperazine rings is 1. The van der Waals surface area contributed by atoms with Gasteiger partial charge < -0.3 is 15.0 Å². The average Bonchev–Trinajstić information content (AvgIpc) is 2.92. The van der Waals surface area contributed by atoms with Crippen molar-refractivity contribution in [3.8, 4) is 5.75 Å². The minimum Gasteiger partial charge on any atom is -0.496 e. The molecule has 6 heteroatoms. The highest BCUT2D eigenvalue weighted by Crippen LogP contribution is 2.36. The van der Waals surface area contributed by atoms with Crippen LogP contribution in [-0.4, -0.2) is 31.0 Å². The van der Waals surface area contributed by atoms with Crippen LogP contribution in [0.25, 0.3) is 0 Å². The number of carbonyl (C=O) groups excluding carboxylic acids is 2. The van der Waals surface area contributed by atoms with Crippen LogP contribution < -0.4 is 15.0 Å². The summed E-state index contributed by atoms with van der Waals surface area (Å²) < 4.78 is 5.96. The summed E-state index contributed by atoms with van der Waals surface area (Å²) in [6, 6.07) is 5.42. The summed E-state index contributed by atoms with van der Waals surface area (Å²) in [7, 11) is 1.59. The lowest BCUT2D eigenvalue weighted by Gasteiger charge is -2.39. The minimum absolute atomic E-state index is 0.00309. The van der Waals surface area contributed by atoms with Crippen molar-refractivity contribution in [3.05, 3.63) is 22.7 Å². The second-order valence-electron chi connectivity index (χ2n) is 5.55. The second-order valence-corrected chi connectivity index (χ2v) is 6.40. The van der Waals surface area contributed by atoms with Gasteiger partial charge in [0, 0.05) is 5.69 Å². The molecule has 0 radical (unpaired) electrons. The van der Waals surface area contributed by atoms with Gasteiger partial charge in [0.15, 0.2) is 0 Å². The molecule has 0 bridgehead atoms. The van der Waals surface area contributed by atoms with E-state index in [2.05, 4.69) is 21.2 Å². The Hall–Kier alpha value is -1.56. The zero-order valence-corrected chi connectivity index (χ0v) is 13.4. The second kappa shape index (κ2) is 5.33. The molecule has 1 N–H and O–H groups in total. The van der Waals surface area contributed by atoms with Gasteiger partial charge in [-0.25, -0.2) is 0 Å². The Balaban J connectivity index is 1.95. The van der Waals surface area contributed by atoms with Crippen LogP contribution in [0, 0.1) is 0 Å². The lowest BCUT2D eigenvalue weighted by molar-refractivity contribution is -0.135. The number of nitrogens with one attached hydrogen (secondary N) is 1. The van der Waals surface area contributed by atoms with Gasteiger partial charge in [0.25, 0.3) is 5.91 Å². The predicted molar refractivity (Wildman–Crippen MR) is 82.4 cm³/mol. The van der Waals surface area contributed by atoms with Gasteiger partial charge in [0.1, 0.15) is 17.8 Å². The number of hydrogen-bond donors (Lipinski definition) is 1. The van der Waals surface area contributed by atoms with Crippen molar-refractivity contribution in [2.45, 2.75) is 31.2 Å². The van der Waals surface area contributed by atoms with Crippen molar-refractivity contribution < 1.29 is 14.3 Å². The summed E-state index contributed by atoms with van der Waals surface area (Å²) >= 11 is 3.42. The number of ether oxygens (including phenoxy) is 1. The van der Waals surface area contributed by atoms with E-state index in [0.717, 1.165) is 30.2 Å². The number of amides is 2. The molecule has 1 aliphatic heterocycles. The van der Waals surface area contributed by atoms with Crippen molar-refractivity contribution >= 4 is 33.4 Å². The summed E-state index contributed by atoms with van der Waals surface area (Å²) in [5.74, 6) is 0.600. The molecule has 1 spiro atoms. The van der Waals surface area contributed by atoms with Gasteiger partial charge in [0.05, 0.1) is 11.6 Å².